The molecule has 0 unspecified atom stereocenters. The van der Waals surface area contributed by atoms with Crippen LogP contribution in [0.4, 0.5) is 11.4 Å². The second-order valence-corrected chi connectivity index (χ2v) is 6.23. The van der Waals surface area contributed by atoms with Crippen molar-refractivity contribution in [2.24, 2.45) is 0 Å². The van der Waals surface area contributed by atoms with Gasteiger partial charge in [0, 0.05) is 31.0 Å². The average molecular weight is 342 g/mol. The highest BCUT2D eigenvalue weighted by Gasteiger charge is 2.09. The number of benzene rings is 1. The molecule has 0 aromatic heterocycles. The molecule has 5 heteroatoms. The molecule has 0 aliphatic rings. The third-order valence-corrected chi connectivity index (χ3v) is 3.34. The van der Waals surface area contributed by atoms with Crippen LogP contribution in [0.25, 0.3) is 0 Å². The van der Waals surface area contributed by atoms with Crippen LogP contribution in [0.3, 0.4) is 0 Å². The molecular weight excluding hydrogens is 318 g/mol. The van der Waals surface area contributed by atoms with E-state index in [2.05, 4.69) is 40.4 Å². The monoisotopic (exact) mass is 341 g/mol. The van der Waals surface area contributed by atoms with E-state index in [0.717, 1.165) is 28.8 Å². The molecule has 0 radical (unpaired) electrons. The lowest BCUT2D eigenvalue weighted by atomic mass is 10.2. The van der Waals surface area contributed by atoms with Gasteiger partial charge in [-0.1, -0.05) is 29.8 Å². The van der Waals surface area contributed by atoms with Gasteiger partial charge in [-0.3, -0.25) is 4.79 Å². The Morgan fingerprint density at radius 2 is 2.05 bits per heavy atom. The van der Waals surface area contributed by atoms with Crippen LogP contribution >= 0.6 is 15.9 Å². The van der Waals surface area contributed by atoms with Crippen LogP contribution in [0.1, 0.15) is 26.7 Å². The first kappa shape index (κ1) is 17.0. The molecule has 0 spiro atoms. The summed E-state index contributed by atoms with van der Waals surface area (Å²) in [5.74, 6) is 0.0526. The minimum Gasteiger partial charge on any atom is -0.376 e. The Morgan fingerprint density at radius 1 is 1.35 bits per heavy atom. The summed E-state index contributed by atoms with van der Waals surface area (Å²) in [6, 6.07) is 6.35. The lowest BCUT2D eigenvalue weighted by Gasteiger charge is -2.18. The van der Waals surface area contributed by atoms with E-state index in [-0.39, 0.29) is 5.91 Å². The van der Waals surface area contributed by atoms with Gasteiger partial charge in [0.25, 0.3) is 0 Å². The van der Waals surface area contributed by atoms with Crippen LogP contribution in [-0.2, 0) is 4.79 Å². The molecule has 0 aliphatic carbocycles. The van der Waals surface area contributed by atoms with Gasteiger partial charge in [0.1, 0.15) is 0 Å². The van der Waals surface area contributed by atoms with Crippen molar-refractivity contribution >= 4 is 33.2 Å². The predicted molar refractivity (Wildman–Crippen MR) is 89.5 cm³/mol. The van der Waals surface area contributed by atoms with Gasteiger partial charge in [-0.25, -0.2) is 0 Å². The van der Waals surface area contributed by atoms with Crippen molar-refractivity contribution in [1.29, 1.82) is 0 Å². The molecule has 0 saturated carbocycles. The van der Waals surface area contributed by atoms with Crippen molar-refractivity contribution in [3.05, 3.63) is 22.7 Å². The van der Waals surface area contributed by atoms with E-state index >= 15 is 0 Å². The zero-order valence-corrected chi connectivity index (χ0v) is 14.3. The lowest BCUT2D eigenvalue weighted by molar-refractivity contribution is -0.116. The summed E-state index contributed by atoms with van der Waals surface area (Å²) in [5, 5.41) is 6.29. The van der Waals surface area contributed by atoms with Gasteiger partial charge in [0.05, 0.1) is 11.4 Å². The highest BCUT2D eigenvalue weighted by atomic mass is 79.9. The van der Waals surface area contributed by atoms with Gasteiger partial charge >= 0.3 is 0 Å². The summed E-state index contributed by atoms with van der Waals surface area (Å²) in [6.45, 7) is 5.07. The number of carbonyl (C=O) groups excluding carboxylic acids is 1. The maximum Gasteiger partial charge on any atom is 0.224 e. The number of rotatable bonds is 7. The van der Waals surface area contributed by atoms with E-state index in [1.807, 2.05) is 37.2 Å². The molecule has 1 aromatic rings. The van der Waals surface area contributed by atoms with E-state index in [1.54, 1.807) is 0 Å². The topological polar surface area (TPSA) is 44.4 Å². The van der Waals surface area contributed by atoms with Crippen molar-refractivity contribution < 1.29 is 4.79 Å². The first-order valence-electron chi connectivity index (χ1n) is 6.90. The Hall–Kier alpha value is -1.07. The van der Waals surface area contributed by atoms with Gasteiger partial charge < -0.3 is 15.5 Å². The molecule has 0 heterocycles. The van der Waals surface area contributed by atoms with E-state index in [0.29, 0.717) is 12.5 Å². The van der Waals surface area contributed by atoms with Crippen LogP contribution in [0.2, 0.25) is 0 Å². The molecule has 2 N–H and O–H groups in total. The summed E-state index contributed by atoms with van der Waals surface area (Å²) < 4.78 is 0.958. The first-order valence-corrected chi connectivity index (χ1v) is 7.69. The summed E-state index contributed by atoms with van der Waals surface area (Å²) in [4.78, 5) is 14.0. The quantitative estimate of drug-likeness (QED) is 0.748. The smallest absolute Gasteiger partial charge is 0.224 e. The number of nitrogens with one attached hydrogen (secondary N) is 2. The van der Waals surface area contributed by atoms with Crippen LogP contribution in [0, 0.1) is 0 Å². The maximum absolute atomic E-state index is 12.0. The Bertz CT molecular complexity index is 447. The van der Waals surface area contributed by atoms with Crippen LogP contribution in [-0.4, -0.2) is 32.6 Å². The number of halogens is 1. The Morgan fingerprint density at radius 3 is 2.65 bits per heavy atom. The van der Waals surface area contributed by atoms with Crippen LogP contribution < -0.4 is 15.5 Å². The molecule has 0 atom stereocenters. The number of carbonyl (C=O) groups is 1. The Balaban J connectivity index is 2.55. The van der Waals surface area contributed by atoms with Crippen molar-refractivity contribution in [3.8, 4) is 0 Å². The minimum atomic E-state index is 0.0526. The third-order valence-electron chi connectivity index (χ3n) is 2.85. The standard InChI is InChI=1S/C15H24BrN3O/c1-11(2)17-9-5-6-15(20)18-13-10-12(16)7-8-14(13)19(3)4/h7-8,10-11,17H,5-6,9H2,1-4H3,(H,18,20). The van der Waals surface area contributed by atoms with E-state index < -0.39 is 0 Å². The van der Waals surface area contributed by atoms with Crippen molar-refractivity contribution in [2.75, 3.05) is 30.9 Å². The number of hydrogen-bond donors (Lipinski definition) is 2. The Kier molecular flexibility index (Phi) is 7.02. The minimum absolute atomic E-state index is 0.0526. The lowest BCUT2D eigenvalue weighted by Crippen LogP contribution is -2.25. The molecular formula is C15H24BrN3O. The highest BCUT2D eigenvalue weighted by Crippen LogP contribution is 2.28. The zero-order chi connectivity index (χ0) is 15.1. The fourth-order valence-electron chi connectivity index (χ4n) is 1.85. The third kappa shape index (κ3) is 5.92. The van der Waals surface area contributed by atoms with Crippen molar-refractivity contribution in [1.82, 2.24) is 5.32 Å². The number of hydrogen-bond acceptors (Lipinski definition) is 3. The number of anilines is 2. The normalized spacial score (nSPS) is 10.7. The molecule has 0 fully saturated rings. The fraction of sp³-hybridized carbons (Fsp3) is 0.533. The molecule has 0 saturated heterocycles. The van der Waals surface area contributed by atoms with Crippen molar-refractivity contribution in [2.45, 2.75) is 32.7 Å². The molecule has 0 aliphatic heterocycles. The van der Waals surface area contributed by atoms with E-state index in [4.69, 9.17) is 0 Å². The zero-order valence-electron chi connectivity index (χ0n) is 12.7. The predicted octanol–water partition coefficient (Wildman–Crippen LogP) is 3.23. The maximum atomic E-state index is 12.0. The molecule has 1 aromatic carbocycles. The second kappa shape index (κ2) is 8.27. The van der Waals surface area contributed by atoms with Crippen LogP contribution in [0.5, 0.6) is 0 Å². The highest BCUT2D eigenvalue weighted by molar-refractivity contribution is 9.10. The van der Waals surface area contributed by atoms with Crippen molar-refractivity contribution in [3.63, 3.8) is 0 Å². The van der Waals surface area contributed by atoms with Crippen LogP contribution in [0.15, 0.2) is 22.7 Å². The first-order chi connectivity index (χ1) is 9.40. The fourth-order valence-corrected chi connectivity index (χ4v) is 2.21. The SMILES string of the molecule is CC(C)NCCCC(=O)Nc1cc(Br)ccc1N(C)C. The molecule has 1 rings (SSSR count). The molecule has 20 heavy (non-hydrogen) atoms. The number of nitrogens with zero attached hydrogens (tertiary/aromatic N) is 1. The average Bonchev–Trinajstić information content (AvgIpc) is 2.34. The molecule has 1 amide bonds. The van der Waals surface area contributed by atoms with Gasteiger partial charge in [-0.15, -0.1) is 0 Å². The van der Waals surface area contributed by atoms with Gasteiger partial charge in [-0.05, 0) is 31.2 Å². The van der Waals surface area contributed by atoms with E-state index in [9.17, 15) is 4.79 Å². The molecule has 112 valence electrons. The van der Waals surface area contributed by atoms with Gasteiger partial charge in [0.2, 0.25) is 5.91 Å². The summed E-state index contributed by atoms with van der Waals surface area (Å²) in [7, 11) is 3.93. The summed E-state index contributed by atoms with van der Waals surface area (Å²) >= 11 is 3.44. The second-order valence-electron chi connectivity index (χ2n) is 5.32. The van der Waals surface area contributed by atoms with Gasteiger partial charge in [0.15, 0.2) is 0 Å². The number of amides is 1. The Labute approximate surface area is 130 Å². The van der Waals surface area contributed by atoms with E-state index in [1.165, 1.54) is 0 Å². The van der Waals surface area contributed by atoms with Gasteiger partial charge in [-0.2, -0.15) is 0 Å². The summed E-state index contributed by atoms with van der Waals surface area (Å²) in [5.41, 5.74) is 1.84. The molecule has 4 nitrogen and oxygen atoms in total. The molecule has 0 bridgehead atoms. The largest absolute Gasteiger partial charge is 0.376 e. The summed E-state index contributed by atoms with van der Waals surface area (Å²) in [6.07, 6.45) is 1.37.